The monoisotopic (exact) mass is 427 g/mol. The summed E-state index contributed by atoms with van der Waals surface area (Å²) in [4.78, 5) is 12.0. The second-order valence-electron chi connectivity index (χ2n) is 5.76. The van der Waals surface area contributed by atoms with Crippen molar-refractivity contribution in [2.75, 3.05) is 19.0 Å². The Morgan fingerprint density at radius 1 is 1.19 bits per heavy atom. The number of nitrogens with one attached hydrogen (secondary N) is 2. The number of fused-ring (bicyclic) bond motifs is 1. The van der Waals surface area contributed by atoms with Gasteiger partial charge in [0, 0.05) is 5.69 Å². The van der Waals surface area contributed by atoms with Crippen LogP contribution in [-0.4, -0.2) is 30.9 Å². The number of carbonyl (C=O) groups is 1. The Balaban J connectivity index is 1.56. The molecule has 0 heterocycles. The maximum Gasteiger partial charge on any atom is 0.259 e. The van der Waals surface area contributed by atoms with Crippen molar-refractivity contribution in [3.8, 4) is 11.5 Å². The van der Waals surface area contributed by atoms with E-state index in [0.717, 1.165) is 16.5 Å². The van der Waals surface area contributed by atoms with Crippen molar-refractivity contribution in [3.63, 3.8) is 0 Å². The molecule has 3 aromatic rings. The van der Waals surface area contributed by atoms with Gasteiger partial charge in [-0.1, -0.05) is 30.3 Å². The highest BCUT2D eigenvalue weighted by Gasteiger charge is 2.07. The number of amides is 1. The molecule has 0 aliphatic heterocycles. The van der Waals surface area contributed by atoms with Gasteiger partial charge in [0.15, 0.2) is 11.5 Å². The number of halogens is 1. The van der Waals surface area contributed by atoms with Crippen molar-refractivity contribution in [3.05, 3.63) is 64.6 Å². The first-order valence-electron chi connectivity index (χ1n) is 8.18. The third kappa shape index (κ3) is 4.77. The molecule has 0 spiro atoms. The number of ether oxygens (including phenoxy) is 1. The van der Waals surface area contributed by atoms with Crippen molar-refractivity contribution in [1.29, 1.82) is 0 Å². The van der Waals surface area contributed by atoms with E-state index in [-0.39, 0.29) is 18.2 Å². The molecule has 0 aliphatic carbocycles. The topological polar surface area (TPSA) is 83.0 Å². The van der Waals surface area contributed by atoms with Crippen molar-refractivity contribution < 1.29 is 14.6 Å². The predicted octanol–water partition coefficient (Wildman–Crippen LogP) is 3.88. The van der Waals surface area contributed by atoms with Gasteiger partial charge in [0.2, 0.25) is 0 Å². The summed E-state index contributed by atoms with van der Waals surface area (Å²) in [6.45, 7) is 0.0955. The number of carbonyl (C=O) groups excluding carboxylic acids is 1. The van der Waals surface area contributed by atoms with Gasteiger partial charge in [-0.2, -0.15) is 5.10 Å². The first kappa shape index (κ1) is 18.7. The Hall–Kier alpha value is -3.06. The molecule has 138 valence electrons. The molecule has 0 unspecified atom stereocenters. The number of phenols is 1. The molecule has 6 nitrogen and oxygen atoms in total. The van der Waals surface area contributed by atoms with Crippen molar-refractivity contribution in [2.24, 2.45) is 5.10 Å². The predicted molar refractivity (Wildman–Crippen MR) is 111 cm³/mol. The van der Waals surface area contributed by atoms with E-state index in [1.165, 1.54) is 13.3 Å². The van der Waals surface area contributed by atoms with Crippen LogP contribution in [0.2, 0.25) is 0 Å². The molecule has 0 radical (unpaired) electrons. The molecule has 0 atom stereocenters. The van der Waals surface area contributed by atoms with E-state index in [1.54, 1.807) is 12.1 Å². The van der Waals surface area contributed by atoms with Gasteiger partial charge in [0.05, 0.1) is 24.3 Å². The number of methoxy groups -OCH3 is 1. The van der Waals surface area contributed by atoms with Crippen LogP contribution >= 0.6 is 15.9 Å². The van der Waals surface area contributed by atoms with Crippen molar-refractivity contribution >= 4 is 44.5 Å². The van der Waals surface area contributed by atoms with Crippen LogP contribution in [0.1, 0.15) is 5.56 Å². The summed E-state index contributed by atoms with van der Waals surface area (Å²) in [5.41, 5.74) is 3.99. The minimum absolute atomic E-state index is 0.0123. The standard InChI is InChI=1S/C20H18BrN3O3/c1-27-18-9-13(8-17(21)20(18)26)11-23-24-19(25)12-22-16-7-6-14-4-2-3-5-15(14)10-16/h2-11,22,26H,12H2,1H3,(H,24,25)/b23-11+. The zero-order valence-electron chi connectivity index (χ0n) is 14.6. The van der Waals surface area contributed by atoms with Gasteiger partial charge >= 0.3 is 0 Å². The summed E-state index contributed by atoms with van der Waals surface area (Å²) in [6.07, 6.45) is 1.47. The fourth-order valence-electron chi connectivity index (χ4n) is 2.52. The minimum Gasteiger partial charge on any atom is -0.503 e. The molecule has 0 fully saturated rings. The summed E-state index contributed by atoms with van der Waals surface area (Å²) >= 11 is 3.24. The molecule has 27 heavy (non-hydrogen) atoms. The van der Waals surface area contributed by atoms with E-state index in [1.807, 2.05) is 42.5 Å². The Labute approximate surface area is 165 Å². The number of phenolic OH excluding ortho intramolecular Hbond substituents is 1. The normalized spacial score (nSPS) is 10.9. The SMILES string of the molecule is COc1cc(/C=N/NC(=O)CNc2ccc3ccccc3c2)cc(Br)c1O. The van der Waals surface area contributed by atoms with E-state index in [0.29, 0.717) is 15.8 Å². The van der Waals surface area contributed by atoms with Crippen LogP contribution < -0.4 is 15.5 Å². The molecular formula is C20H18BrN3O3. The fourth-order valence-corrected chi connectivity index (χ4v) is 2.98. The van der Waals surface area contributed by atoms with Crippen molar-refractivity contribution in [1.82, 2.24) is 5.43 Å². The first-order valence-corrected chi connectivity index (χ1v) is 8.97. The molecule has 3 aromatic carbocycles. The number of nitrogens with zero attached hydrogens (tertiary/aromatic N) is 1. The number of rotatable bonds is 6. The summed E-state index contributed by atoms with van der Waals surface area (Å²) in [5, 5.41) is 19.0. The molecule has 7 heteroatoms. The Morgan fingerprint density at radius 3 is 2.74 bits per heavy atom. The summed E-state index contributed by atoms with van der Waals surface area (Å²) in [7, 11) is 1.46. The van der Waals surface area contributed by atoms with Crippen LogP contribution in [0.25, 0.3) is 10.8 Å². The van der Waals surface area contributed by atoms with Gasteiger partial charge < -0.3 is 15.2 Å². The highest BCUT2D eigenvalue weighted by atomic mass is 79.9. The van der Waals surface area contributed by atoms with E-state index in [4.69, 9.17) is 4.74 Å². The van der Waals surface area contributed by atoms with E-state index >= 15 is 0 Å². The lowest BCUT2D eigenvalue weighted by atomic mass is 10.1. The Kier molecular flexibility index (Phi) is 5.93. The Bertz CT molecular complexity index is 1000. The van der Waals surface area contributed by atoms with Gasteiger partial charge in [-0.3, -0.25) is 4.79 Å². The van der Waals surface area contributed by atoms with Gasteiger partial charge in [0.1, 0.15) is 0 Å². The molecule has 0 bridgehead atoms. The van der Waals surface area contributed by atoms with Crippen LogP contribution in [0.5, 0.6) is 11.5 Å². The summed E-state index contributed by atoms with van der Waals surface area (Å²) in [6, 6.07) is 17.2. The summed E-state index contributed by atoms with van der Waals surface area (Å²) < 4.78 is 5.55. The number of hydrogen-bond acceptors (Lipinski definition) is 5. The zero-order valence-corrected chi connectivity index (χ0v) is 16.2. The molecular weight excluding hydrogens is 410 g/mol. The largest absolute Gasteiger partial charge is 0.503 e. The number of hydrazone groups is 1. The average Bonchev–Trinajstić information content (AvgIpc) is 2.68. The third-order valence-corrected chi connectivity index (χ3v) is 4.48. The second-order valence-corrected chi connectivity index (χ2v) is 6.62. The molecule has 0 aromatic heterocycles. The molecule has 0 saturated heterocycles. The lowest BCUT2D eigenvalue weighted by Crippen LogP contribution is -2.25. The highest BCUT2D eigenvalue weighted by Crippen LogP contribution is 2.34. The molecule has 0 aliphatic rings. The number of aromatic hydroxyl groups is 1. The van der Waals surface area contributed by atoms with Crippen LogP contribution in [0.4, 0.5) is 5.69 Å². The second kappa shape index (κ2) is 8.55. The molecule has 0 saturated carbocycles. The van der Waals surface area contributed by atoms with Crippen LogP contribution in [-0.2, 0) is 4.79 Å². The summed E-state index contributed by atoms with van der Waals surface area (Å²) in [5.74, 6) is 0.0533. The lowest BCUT2D eigenvalue weighted by molar-refractivity contribution is -0.119. The third-order valence-electron chi connectivity index (χ3n) is 3.88. The van der Waals surface area contributed by atoms with Crippen molar-refractivity contribution in [2.45, 2.75) is 0 Å². The Morgan fingerprint density at radius 2 is 1.96 bits per heavy atom. The smallest absolute Gasteiger partial charge is 0.259 e. The number of benzene rings is 3. The van der Waals surface area contributed by atoms with E-state index < -0.39 is 0 Å². The van der Waals surface area contributed by atoms with Gasteiger partial charge in [0.25, 0.3) is 5.91 Å². The number of anilines is 1. The van der Waals surface area contributed by atoms with E-state index in [2.05, 4.69) is 31.8 Å². The maximum atomic E-state index is 12.0. The quantitative estimate of drug-likeness (QED) is 0.411. The van der Waals surface area contributed by atoms with Crippen LogP contribution in [0, 0.1) is 0 Å². The average molecular weight is 428 g/mol. The van der Waals surface area contributed by atoms with Gasteiger partial charge in [-0.15, -0.1) is 0 Å². The lowest BCUT2D eigenvalue weighted by Gasteiger charge is -2.07. The zero-order chi connectivity index (χ0) is 19.2. The first-order chi connectivity index (χ1) is 13.1. The fraction of sp³-hybridized carbons (Fsp3) is 0.100. The molecule has 3 N–H and O–H groups in total. The minimum atomic E-state index is -0.274. The van der Waals surface area contributed by atoms with Crippen LogP contribution in [0.15, 0.2) is 64.2 Å². The van der Waals surface area contributed by atoms with E-state index in [9.17, 15) is 9.90 Å². The molecule has 3 rings (SSSR count). The van der Waals surface area contributed by atoms with Gasteiger partial charge in [-0.05, 0) is 56.5 Å². The molecule has 1 amide bonds. The highest BCUT2D eigenvalue weighted by molar-refractivity contribution is 9.10. The maximum absolute atomic E-state index is 12.0. The van der Waals surface area contributed by atoms with Gasteiger partial charge in [-0.25, -0.2) is 5.43 Å². The van der Waals surface area contributed by atoms with Crippen LogP contribution in [0.3, 0.4) is 0 Å². The number of hydrogen-bond donors (Lipinski definition) is 3.